The summed E-state index contributed by atoms with van der Waals surface area (Å²) in [6, 6.07) is 5.24. The third-order valence-corrected chi connectivity index (χ3v) is 3.06. The first-order chi connectivity index (χ1) is 7.47. The third-order valence-electron chi connectivity index (χ3n) is 3.06. The molecule has 0 spiro atoms. The fourth-order valence-electron chi connectivity index (χ4n) is 1.67. The summed E-state index contributed by atoms with van der Waals surface area (Å²) in [5.74, 6) is 0.455. The van der Waals surface area contributed by atoms with Crippen molar-refractivity contribution in [3.8, 4) is 5.75 Å². The van der Waals surface area contributed by atoms with E-state index >= 15 is 0 Å². The number of hydrogen-bond acceptors (Lipinski definition) is 2. The van der Waals surface area contributed by atoms with Crippen LogP contribution in [0.1, 0.15) is 57.1 Å². The molecule has 0 aromatic heterocycles. The Bertz CT molecular complexity index is 422. The van der Waals surface area contributed by atoms with Crippen LogP contribution in [0.3, 0.4) is 0 Å². The maximum absolute atomic E-state index is 11.6. The number of rotatable bonds is 3. The van der Waals surface area contributed by atoms with Crippen molar-refractivity contribution in [1.82, 2.24) is 0 Å². The van der Waals surface area contributed by atoms with Gasteiger partial charge in [0.15, 0.2) is 5.75 Å². The highest BCUT2D eigenvalue weighted by Gasteiger charge is 2.11. The van der Waals surface area contributed by atoms with Gasteiger partial charge in [0.1, 0.15) is 0 Å². The molecule has 2 nitrogen and oxygen atoms in total. The molecule has 1 atom stereocenters. The van der Waals surface area contributed by atoms with Gasteiger partial charge in [0, 0.05) is 5.56 Å². The Kier molecular flexibility index (Phi) is 4.11. The van der Waals surface area contributed by atoms with Gasteiger partial charge in [-0.1, -0.05) is 39.8 Å². The predicted octanol–water partition coefficient (Wildman–Crippen LogP) is 3.39. The van der Waals surface area contributed by atoms with Crippen LogP contribution in [0.25, 0.3) is 0 Å². The summed E-state index contributed by atoms with van der Waals surface area (Å²) >= 11 is 0. The molecule has 0 heterocycles. The van der Waals surface area contributed by atoms with Crippen molar-refractivity contribution in [1.29, 1.82) is 0 Å². The average Bonchev–Trinajstić information content (AvgIpc) is 2.39. The Hall–Kier alpha value is -1.31. The molecule has 1 rings (SSSR count). The third kappa shape index (κ3) is 2.63. The molecular formula is C14H20O2. The molecule has 0 amide bonds. The lowest BCUT2D eigenvalue weighted by Crippen LogP contribution is -1.97. The van der Waals surface area contributed by atoms with Gasteiger partial charge in [-0.15, -0.1) is 0 Å². The molecule has 0 bridgehead atoms. The summed E-state index contributed by atoms with van der Waals surface area (Å²) in [5, 5.41) is 9.79. The van der Waals surface area contributed by atoms with Gasteiger partial charge in [-0.2, -0.15) is 0 Å². The first kappa shape index (κ1) is 12.8. The lowest BCUT2D eigenvalue weighted by Gasteiger charge is -2.09. The molecule has 88 valence electrons. The maximum atomic E-state index is 11.6. The quantitative estimate of drug-likeness (QED) is 0.847. The summed E-state index contributed by atoms with van der Waals surface area (Å²) in [5.41, 5.74) is 1.56. The molecule has 1 aromatic carbocycles. The fourth-order valence-corrected chi connectivity index (χ4v) is 1.67. The van der Waals surface area contributed by atoms with E-state index < -0.39 is 0 Å². The molecule has 0 aliphatic heterocycles. The first-order valence-corrected chi connectivity index (χ1v) is 5.84. The van der Waals surface area contributed by atoms with E-state index in [4.69, 9.17) is 0 Å². The van der Waals surface area contributed by atoms with Gasteiger partial charge in [0.05, 0.1) is 0 Å². The van der Waals surface area contributed by atoms with E-state index in [9.17, 15) is 9.90 Å². The number of aromatic hydroxyl groups is 1. The SMILES string of the molecule is CCC(C)c1ccc(=O)c(O)c(C(C)C)c1. The minimum absolute atomic E-state index is 0.107. The van der Waals surface area contributed by atoms with Gasteiger partial charge in [0.25, 0.3) is 0 Å². The standard InChI is InChI=1S/C14H20O2/c1-5-10(4)11-6-7-13(15)14(16)12(8-11)9(2)3/h6-10H,5H2,1-4H3,(H,15,16). The van der Waals surface area contributed by atoms with Gasteiger partial charge < -0.3 is 5.11 Å². The second-order valence-corrected chi connectivity index (χ2v) is 4.61. The van der Waals surface area contributed by atoms with Gasteiger partial charge >= 0.3 is 0 Å². The zero-order valence-electron chi connectivity index (χ0n) is 10.4. The molecule has 0 saturated carbocycles. The van der Waals surface area contributed by atoms with Gasteiger partial charge in [-0.05, 0) is 29.9 Å². The molecular weight excluding hydrogens is 200 g/mol. The molecule has 0 fully saturated rings. The topological polar surface area (TPSA) is 37.3 Å². The summed E-state index contributed by atoms with van der Waals surface area (Å²) in [7, 11) is 0. The van der Waals surface area contributed by atoms with Gasteiger partial charge in [0.2, 0.25) is 5.43 Å². The van der Waals surface area contributed by atoms with E-state index in [0.717, 1.165) is 17.5 Å². The molecule has 1 N–H and O–H groups in total. The van der Waals surface area contributed by atoms with E-state index in [-0.39, 0.29) is 17.1 Å². The van der Waals surface area contributed by atoms with Gasteiger partial charge in [-0.25, -0.2) is 0 Å². The van der Waals surface area contributed by atoms with E-state index in [0.29, 0.717) is 5.92 Å². The van der Waals surface area contributed by atoms with Crippen LogP contribution in [0.5, 0.6) is 5.75 Å². The largest absolute Gasteiger partial charge is 0.504 e. The zero-order valence-corrected chi connectivity index (χ0v) is 10.4. The van der Waals surface area contributed by atoms with Crippen LogP contribution in [0.4, 0.5) is 0 Å². The van der Waals surface area contributed by atoms with Crippen molar-refractivity contribution in [2.75, 3.05) is 0 Å². The summed E-state index contributed by atoms with van der Waals surface area (Å²) < 4.78 is 0. The van der Waals surface area contributed by atoms with Crippen molar-refractivity contribution in [2.24, 2.45) is 0 Å². The molecule has 0 radical (unpaired) electrons. The molecule has 16 heavy (non-hydrogen) atoms. The minimum atomic E-state index is -0.293. The van der Waals surface area contributed by atoms with E-state index in [1.807, 2.05) is 26.0 Å². The van der Waals surface area contributed by atoms with Crippen LogP contribution < -0.4 is 5.43 Å². The lowest BCUT2D eigenvalue weighted by molar-refractivity contribution is 0.460. The van der Waals surface area contributed by atoms with Crippen LogP contribution in [-0.2, 0) is 0 Å². The number of hydrogen-bond donors (Lipinski definition) is 1. The minimum Gasteiger partial charge on any atom is -0.504 e. The first-order valence-electron chi connectivity index (χ1n) is 5.84. The highest BCUT2D eigenvalue weighted by molar-refractivity contribution is 5.37. The summed E-state index contributed by atoms with van der Waals surface area (Å²) in [6.07, 6.45) is 1.02. The molecule has 1 aromatic rings. The Morgan fingerprint density at radius 3 is 2.38 bits per heavy atom. The second-order valence-electron chi connectivity index (χ2n) is 4.61. The van der Waals surface area contributed by atoms with Crippen molar-refractivity contribution in [2.45, 2.75) is 46.0 Å². The Morgan fingerprint density at radius 2 is 1.88 bits per heavy atom. The van der Waals surface area contributed by atoms with Crippen LogP contribution in [0.15, 0.2) is 23.0 Å². The lowest BCUT2D eigenvalue weighted by atomic mass is 9.96. The van der Waals surface area contributed by atoms with Crippen molar-refractivity contribution < 1.29 is 5.11 Å². The van der Waals surface area contributed by atoms with Crippen molar-refractivity contribution in [3.63, 3.8) is 0 Å². The molecule has 0 aliphatic carbocycles. The van der Waals surface area contributed by atoms with E-state index in [1.165, 1.54) is 6.07 Å². The summed E-state index contributed by atoms with van der Waals surface area (Å²) in [6.45, 7) is 8.20. The second kappa shape index (κ2) is 5.15. The predicted molar refractivity (Wildman–Crippen MR) is 67.2 cm³/mol. The van der Waals surface area contributed by atoms with Crippen LogP contribution in [0.2, 0.25) is 0 Å². The normalized spacial score (nSPS) is 12.8. The molecule has 2 heteroatoms. The van der Waals surface area contributed by atoms with Gasteiger partial charge in [-0.3, -0.25) is 4.79 Å². The maximum Gasteiger partial charge on any atom is 0.220 e. The van der Waals surface area contributed by atoms with Crippen molar-refractivity contribution >= 4 is 0 Å². The van der Waals surface area contributed by atoms with Crippen LogP contribution in [-0.4, -0.2) is 5.11 Å². The smallest absolute Gasteiger partial charge is 0.220 e. The Labute approximate surface area is 97.0 Å². The molecule has 0 saturated heterocycles. The fraction of sp³-hybridized carbons (Fsp3) is 0.500. The van der Waals surface area contributed by atoms with Crippen LogP contribution in [0, 0.1) is 0 Å². The molecule has 0 aliphatic rings. The average molecular weight is 220 g/mol. The van der Waals surface area contributed by atoms with Crippen LogP contribution >= 0.6 is 0 Å². The highest BCUT2D eigenvalue weighted by Crippen LogP contribution is 2.26. The highest BCUT2D eigenvalue weighted by atomic mass is 16.3. The monoisotopic (exact) mass is 220 g/mol. The Balaban J connectivity index is 3.44. The zero-order chi connectivity index (χ0) is 12.3. The Morgan fingerprint density at radius 1 is 1.25 bits per heavy atom. The summed E-state index contributed by atoms with van der Waals surface area (Å²) in [4.78, 5) is 11.6. The van der Waals surface area contributed by atoms with E-state index in [2.05, 4.69) is 13.8 Å². The van der Waals surface area contributed by atoms with E-state index in [1.54, 1.807) is 0 Å². The molecule has 1 unspecified atom stereocenters. The van der Waals surface area contributed by atoms with Crippen molar-refractivity contribution in [3.05, 3.63) is 39.5 Å².